The van der Waals surface area contributed by atoms with Crippen molar-refractivity contribution in [2.45, 2.75) is 25.5 Å². The Hall–Kier alpha value is -0.570. The molecule has 15 heavy (non-hydrogen) atoms. The Bertz CT molecular complexity index is 278. The minimum Gasteiger partial charge on any atom is -0.372 e. The maximum atomic E-state index is 10.4. The van der Waals surface area contributed by atoms with Gasteiger partial charge in [0.2, 0.25) is 0 Å². The lowest BCUT2D eigenvalue weighted by atomic mass is 9.98. The molecule has 0 aliphatic carbocycles. The first-order valence-corrected chi connectivity index (χ1v) is 5.85. The van der Waals surface area contributed by atoms with Crippen molar-refractivity contribution in [1.82, 2.24) is 5.32 Å². The fraction of sp³-hybridized carbons (Fsp3) is 0.500. The van der Waals surface area contributed by atoms with E-state index in [0.29, 0.717) is 18.8 Å². The summed E-state index contributed by atoms with van der Waals surface area (Å²) in [7, 11) is 0. The minimum absolute atomic E-state index is 0.499. The van der Waals surface area contributed by atoms with Gasteiger partial charge in [-0.25, -0.2) is 0 Å². The molecule has 1 aromatic carbocycles. The second kappa shape index (κ2) is 6.11. The van der Waals surface area contributed by atoms with E-state index in [-0.39, 0.29) is 0 Å². The van der Waals surface area contributed by atoms with Gasteiger partial charge < -0.3 is 5.11 Å². The third kappa shape index (κ3) is 3.49. The van der Waals surface area contributed by atoms with Gasteiger partial charge in [0.05, 0.1) is 0 Å². The van der Waals surface area contributed by atoms with Gasteiger partial charge in [0.15, 0.2) is 0 Å². The number of benzene rings is 1. The Kier molecular flexibility index (Phi) is 5.09. The van der Waals surface area contributed by atoms with Crippen LogP contribution >= 0.6 is 11.6 Å². The lowest BCUT2D eigenvalue weighted by molar-refractivity contribution is -0.00699. The molecule has 0 heterocycles. The topological polar surface area (TPSA) is 32.3 Å². The zero-order valence-corrected chi connectivity index (χ0v) is 9.80. The van der Waals surface area contributed by atoms with Gasteiger partial charge in [-0.2, -0.15) is 0 Å². The van der Waals surface area contributed by atoms with Crippen LogP contribution in [0.4, 0.5) is 0 Å². The zero-order valence-electron chi connectivity index (χ0n) is 9.04. The number of aliphatic hydroxyl groups is 1. The van der Waals surface area contributed by atoms with Crippen LogP contribution < -0.4 is 5.32 Å². The standard InChI is InChI=1S/C12H18ClNO/c1-2-8-12(15,14-10-9-13)11-6-4-3-5-7-11/h3-7,14-15H,2,8-10H2,1H3. The minimum atomic E-state index is -0.940. The van der Waals surface area contributed by atoms with Crippen molar-refractivity contribution in [3.63, 3.8) is 0 Å². The molecule has 1 aromatic rings. The SMILES string of the molecule is CCCC(O)(NCCCl)c1ccccc1. The van der Waals surface area contributed by atoms with Gasteiger partial charge in [-0.3, -0.25) is 5.32 Å². The monoisotopic (exact) mass is 227 g/mol. The van der Waals surface area contributed by atoms with Crippen LogP contribution in [0, 0.1) is 0 Å². The predicted molar refractivity (Wildman–Crippen MR) is 64.0 cm³/mol. The fourth-order valence-corrected chi connectivity index (χ4v) is 1.76. The molecule has 0 aromatic heterocycles. The molecule has 2 nitrogen and oxygen atoms in total. The van der Waals surface area contributed by atoms with Gasteiger partial charge in [-0.15, -0.1) is 11.6 Å². The summed E-state index contributed by atoms with van der Waals surface area (Å²) in [6.07, 6.45) is 1.61. The molecule has 0 radical (unpaired) electrons. The van der Waals surface area contributed by atoms with Gasteiger partial charge in [-0.1, -0.05) is 43.7 Å². The van der Waals surface area contributed by atoms with Crippen LogP contribution in [0.3, 0.4) is 0 Å². The van der Waals surface area contributed by atoms with Gasteiger partial charge in [0.25, 0.3) is 0 Å². The molecule has 3 heteroatoms. The van der Waals surface area contributed by atoms with Crippen LogP contribution in [0.1, 0.15) is 25.3 Å². The maximum Gasteiger partial charge on any atom is 0.142 e. The summed E-state index contributed by atoms with van der Waals surface area (Å²) >= 11 is 5.62. The molecule has 1 rings (SSSR count). The summed E-state index contributed by atoms with van der Waals surface area (Å²) in [5, 5.41) is 13.5. The molecule has 1 unspecified atom stereocenters. The first-order valence-electron chi connectivity index (χ1n) is 5.32. The van der Waals surface area contributed by atoms with E-state index in [2.05, 4.69) is 12.2 Å². The predicted octanol–water partition coefficient (Wildman–Crippen LogP) is 2.46. The van der Waals surface area contributed by atoms with Crippen molar-refractivity contribution in [1.29, 1.82) is 0 Å². The lowest BCUT2D eigenvalue weighted by Crippen LogP contribution is -2.43. The Morgan fingerprint density at radius 3 is 2.53 bits per heavy atom. The van der Waals surface area contributed by atoms with Crippen LogP contribution in [-0.2, 0) is 5.72 Å². The van der Waals surface area contributed by atoms with Gasteiger partial charge >= 0.3 is 0 Å². The highest BCUT2D eigenvalue weighted by molar-refractivity contribution is 6.18. The zero-order chi connectivity index (χ0) is 11.1. The molecular weight excluding hydrogens is 210 g/mol. The molecule has 0 spiro atoms. The Labute approximate surface area is 96.3 Å². The van der Waals surface area contributed by atoms with E-state index in [1.54, 1.807) is 0 Å². The Morgan fingerprint density at radius 1 is 1.33 bits per heavy atom. The normalized spacial score (nSPS) is 14.9. The van der Waals surface area contributed by atoms with Crippen molar-refractivity contribution < 1.29 is 5.11 Å². The number of nitrogens with one attached hydrogen (secondary N) is 1. The Balaban J connectivity index is 2.80. The summed E-state index contributed by atoms with van der Waals surface area (Å²) in [6, 6.07) is 9.65. The second-order valence-electron chi connectivity index (χ2n) is 3.59. The quantitative estimate of drug-likeness (QED) is 0.578. The van der Waals surface area contributed by atoms with Crippen LogP contribution in [0.15, 0.2) is 30.3 Å². The van der Waals surface area contributed by atoms with E-state index in [0.717, 1.165) is 12.0 Å². The molecule has 0 aliphatic heterocycles. The smallest absolute Gasteiger partial charge is 0.142 e. The lowest BCUT2D eigenvalue weighted by Gasteiger charge is -2.29. The Morgan fingerprint density at radius 2 is 2.00 bits per heavy atom. The molecule has 0 saturated carbocycles. The van der Waals surface area contributed by atoms with Crippen molar-refractivity contribution in [3.05, 3.63) is 35.9 Å². The summed E-state index contributed by atoms with van der Waals surface area (Å²) in [5.74, 6) is 0.499. The largest absolute Gasteiger partial charge is 0.372 e. The molecule has 84 valence electrons. The van der Waals surface area contributed by atoms with Crippen molar-refractivity contribution >= 4 is 11.6 Å². The first-order chi connectivity index (χ1) is 7.23. The van der Waals surface area contributed by atoms with Crippen LogP contribution in [-0.4, -0.2) is 17.5 Å². The van der Waals surface area contributed by atoms with Crippen molar-refractivity contribution in [2.24, 2.45) is 0 Å². The van der Waals surface area contributed by atoms with Crippen LogP contribution in [0.5, 0.6) is 0 Å². The number of alkyl halides is 1. The van der Waals surface area contributed by atoms with Crippen molar-refractivity contribution in [2.75, 3.05) is 12.4 Å². The van der Waals surface area contributed by atoms with Gasteiger partial charge in [0.1, 0.15) is 5.72 Å². The first kappa shape index (κ1) is 12.5. The highest BCUT2D eigenvalue weighted by Gasteiger charge is 2.26. The summed E-state index contributed by atoms with van der Waals surface area (Å²) < 4.78 is 0. The molecule has 2 N–H and O–H groups in total. The fourth-order valence-electron chi connectivity index (χ4n) is 1.66. The van der Waals surface area contributed by atoms with Gasteiger partial charge in [0, 0.05) is 12.4 Å². The molecule has 0 amide bonds. The molecular formula is C12H18ClNO. The highest BCUT2D eigenvalue weighted by Crippen LogP contribution is 2.23. The summed E-state index contributed by atoms with van der Waals surface area (Å²) in [6.45, 7) is 2.66. The van der Waals surface area contributed by atoms with E-state index >= 15 is 0 Å². The number of rotatable bonds is 6. The maximum absolute atomic E-state index is 10.4. The average molecular weight is 228 g/mol. The number of halogens is 1. The van der Waals surface area contributed by atoms with E-state index in [9.17, 15) is 5.11 Å². The number of hydrogen-bond donors (Lipinski definition) is 2. The number of hydrogen-bond acceptors (Lipinski definition) is 2. The van der Waals surface area contributed by atoms with E-state index in [1.165, 1.54) is 0 Å². The van der Waals surface area contributed by atoms with Crippen LogP contribution in [0.25, 0.3) is 0 Å². The molecule has 1 atom stereocenters. The summed E-state index contributed by atoms with van der Waals surface area (Å²) in [4.78, 5) is 0. The molecule has 0 fully saturated rings. The second-order valence-corrected chi connectivity index (χ2v) is 3.97. The molecule has 0 bridgehead atoms. The highest BCUT2D eigenvalue weighted by atomic mass is 35.5. The van der Waals surface area contributed by atoms with Gasteiger partial charge in [-0.05, 0) is 12.0 Å². The van der Waals surface area contributed by atoms with Crippen LogP contribution in [0.2, 0.25) is 0 Å². The van der Waals surface area contributed by atoms with Crippen molar-refractivity contribution in [3.8, 4) is 0 Å². The van der Waals surface area contributed by atoms with E-state index in [1.807, 2.05) is 30.3 Å². The molecule has 0 aliphatic rings. The van der Waals surface area contributed by atoms with E-state index < -0.39 is 5.72 Å². The third-order valence-corrected chi connectivity index (χ3v) is 2.56. The third-order valence-electron chi connectivity index (χ3n) is 2.38. The average Bonchev–Trinajstić information content (AvgIpc) is 2.28. The molecule has 0 saturated heterocycles. The summed E-state index contributed by atoms with van der Waals surface area (Å²) in [5.41, 5.74) is -0.0396. The van der Waals surface area contributed by atoms with E-state index in [4.69, 9.17) is 11.6 Å².